The van der Waals surface area contributed by atoms with E-state index in [1.54, 1.807) is 6.20 Å². The van der Waals surface area contributed by atoms with Crippen LogP contribution in [0.25, 0.3) is 0 Å². The normalized spacial score (nSPS) is 19.2. The van der Waals surface area contributed by atoms with Crippen LogP contribution in [0.15, 0.2) is 30.5 Å². The van der Waals surface area contributed by atoms with Gasteiger partial charge in [-0.15, -0.1) is 0 Å². The Morgan fingerprint density at radius 1 is 1.32 bits per heavy atom. The number of pyridine rings is 1. The Bertz CT molecular complexity index is 762. The maximum absolute atomic E-state index is 11.1. The second-order valence-electron chi connectivity index (χ2n) is 6.48. The fourth-order valence-electron chi connectivity index (χ4n) is 3.18. The lowest BCUT2D eigenvalue weighted by Gasteiger charge is -2.16. The Kier molecular flexibility index (Phi) is 5.37. The number of halogens is 1. The van der Waals surface area contributed by atoms with Gasteiger partial charge < -0.3 is 14.7 Å². The number of aldehydes is 1. The fourth-order valence-corrected chi connectivity index (χ4v) is 3.31. The van der Waals surface area contributed by atoms with Crippen molar-refractivity contribution in [2.75, 3.05) is 20.6 Å². The van der Waals surface area contributed by atoms with Gasteiger partial charge in [0.1, 0.15) is 11.8 Å². The van der Waals surface area contributed by atoms with Crippen LogP contribution in [0.2, 0.25) is 5.02 Å². The van der Waals surface area contributed by atoms with Crippen LogP contribution in [0.5, 0.6) is 5.75 Å². The van der Waals surface area contributed by atoms with Gasteiger partial charge in [-0.05, 0) is 51.2 Å². The van der Waals surface area contributed by atoms with Crippen LogP contribution in [0.1, 0.15) is 52.2 Å². The van der Waals surface area contributed by atoms with Crippen LogP contribution in [-0.2, 0) is 4.74 Å². The van der Waals surface area contributed by atoms with Gasteiger partial charge in [-0.1, -0.05) is 23.7 Å². The predicted molar refractivity (Wildman–Crippen MR) is 96.2 cm³/mol. The third kappa shape index (κ3) is 3.68. The number of hydrogen-bond donors (Lipinski definition) is 1. The van der Waals surface area contributed by atoms with Crippen LogP contribution in [0.3, 0.4) is 0 Å². The fraction of sp³-hybridized carbons (Fsp3) is 0.368. The van der Waals surface area contributed by atoms with Gasteiger partial charge in [0.15, 0.2) is 12.0 Å². The van der Waals surface area contributed by atoms with Crippen molar-refractivity contribution in [1.29, 1.82) is 0 Å². The van der Waals surface area contributed by atoms with E-state index in [1.807, 2.05) is 38.4 Å². The summed E-state index contributed by atoms with van der Waals surface area (Å²) in [4.78, 5) is 17.3. The van der Waals surface area contributed by atoms with Crippen LogP contribution < -0.4 is 0 Å². The molecule has 0 fully saturated rings. The molecule has 0 radical (unpaired) electrons. The molecule has 0 aliphatic carbocycles. The summed E-state index contributed by atoms with van der Waals surface area (Å²) in [7, 11) is 4.04. The number of ether oxygens (including phenoxy) is 1. The molecule has 0 bridgehead atoms. The second kappa shape index (κ2) is 7.52. The van der Waals surface area contributed by atoms with Crippen LogP contribution in [-0.4, -0.2) is 41.9 Å². The van der Waals surface area contributed by atoms with Gasteiger partial charge in [0.25, 0.3) is 0 Å². The molecule has 0 saturated heterocycles. The van der Waals surface area contributed by atoms with E-state index in [9.17, 15) is 9.90 Å². The first-order valence-corrected chi connectivity index (χ1v) is 8.61. The highest BCUT2D eigenvalue weighted by atomic mass is 35.5. The van der Waals surface area contributed by atoms with Gasteiger partial charge in [-0.25, -0.2) is 4.98 Å². The summed E-state index contributed by atoms with van der Waals surface area (Å²) < 4.78 is 6.24. The standard InChI is InChI=1S/C19H21ClN2O3/c1-22(2)9-3-4-16-17-14(10-21-15(11-23)18(17)24)19(25-16)12-5-7-13(20)8-6-12/h5-8,10-11,16,19,24H,3-4,9H2,1-2H3. The average molecular weight is 361 g/mol. The molecule has 2 heterocycles. The zero-order valence-corrected chi connectivity index (χ0v) is 15.0. The summed E-state index contributed by atoms with van der Waals surface area (Å²) >= 11 is 5.97. The summed E-state index contributed by atoms with van der Waals surface area (Å²) in [6.45, 7) is 0.924. The Morgan fingerprint density at radius 2 is 2.04 bits per heavy atom. The molecule has 1 aliphatic rings. The highest BCUT2D eigenvalue weighted by Crippen LogP contribution is 2.48. The van der Waals surface area contributed by atoms with Crippen molar-refractivity contribution in [1.82, 2.24) is 9.88 Å². The minimum Gasteiger partial charge on any atom is -0.505 e. The van der Waals surface area contributed by atoms with Gasteiger partial charge in [0.2, 0.25) is 0 Å². The van der Waals surface area contributed by atoms with E-state index >= 15 is 0 Å². The first-order valence-electron chi connectivity index (χ1n) is 8.24. The van der Waals surface area contributed by atoms with Crippen LogP contribution in [0.4, 0.5) is 0 Å². The third-order valence-corrected chi connectivity index (χ3v) is 4.66. The molecule has 132 valence electrons. The lowest BCUT2D eigenvalue weighted by atomic mass is 9.96. The molecule has 0 amide bonds. The molecule has 1 N–H and O–H groups in total. The molecule has 1 aromatic carbocycles. The summed E-state index contributed by atoms with van der Waals surface area (Å²) in [6, 6.07) is 7.44. The Labute approximate surface area is 152 Å². The molecule has 2 unspecified atom stereocenters. The molecule has 25 heavy (non-hydrogen) atoms. The Balaban J connectivity index is 1.95. The van der Waals surface area contributed by atoms with Crippen molar-refractivity contribution < 1.29 is 14.6 Å². The quantitative estimate of drug-likeness (QED) is 0.795. The van der Waals surface area contributed by atoms with E-state index in [-0.39, 0.29) is 23.7 Å². The van der Waals surface area contributed by atoms with Crippen molar-refractivity contribution in [2.45, 2.75) is 25.0 Å². The van der Waals surface area contributed by atoms with Gasteiger partial charge in [-0.3, -0.25) is 4.79 Å². The lowest BCUT2D eigenvalue weighted by Crippen LogP contribution is -2.14. The maximum Gasteiger partial charge on any atom is 0.172 e. The Morgan fingerprint density at radius 3 is 2.68 bits per heavy atom. The molecular weight excluding hydrogens is 340 g/mol. The minimum absolute atomic E-state index is 0.0525. The monoisotopic (exact) mass is 360 g/mol. The summed E-state index contributed by atoms with van der Waals surface area (Å²) in [5, 5.41) is 11.1. The molecule has 1 aliphatic heterocycles. The van der Waals surface area contributed by atoms with Gasteiger partial charge in [0.05, 0.1) is 6.10 Å². The average Bonchev–Trinajstić information content (AvgIpc) is 2.95. The molecule has 0 saturated carbocycles. The van der Waals surface area contributed by atoms with Crippen molar-refractivity contribution in [3.05, 3.63) is 57.9 Å². The predicted octanol–water partition coefficient (Wildman–Crippen LogP) is 3.76. The number of aromatic nitrogens is 1. The summed E-state index contributed by atoms with van der Waals surface area (Å²) in [5.74, 6) is -0.0705. The number of aromatic hydroxyl groups is 1. The van der Waals surface area contributed by atoms with Crippen molar-refractivity contribution in [3.8, 4) is 5.75 Å². The molecule has 2 aromatic rings. The minimum atomic E-state index is -0.323. The van der Waals surface area contributed by atoms with Crippen molar-refractivity contribution in [2.24, 2.45) is 0 Å². The Hall–Kier alpha value is -1.95. The van der Waals surface area contributed by atoms with E-state index in [0.29, 0.717) is 16.9 Å². The summed E-state index contributed by atoms with van der Waals surface area (Å²) in [5.41, 5.74) is 2.48. The molecule has 6 heteroatoms. The number of fused-ring (bicyclic) bond motifs is 1. The molecular formula is C19H21ClN2O3. The number of benzene rings is 1. The van der Waals surface area contributed by atoms with Crippen LogP contribution >= 0.6 is 11.6 Å². The van der Waals surface area contributed by atoms with E-state index in [4.69, 9.17) is 16.3 Å². The first kappa shape index (κ1) is 17.9. The van der Waals surface area contributed by atoms with Crippen molar-refractivity contribution >= 4 is 17.9 Å². The second-order valence-corrected chi connectivity index (χ2v) is 6.92. The van der Waals surface area contributed by atoms with E-state index in [0.717, 1.165) is 30.5 Å². The maximum atomic E-state index is 11.1. The zero-order chi connectivity index (χ0) is 18.0. The SMILES string of the molecule is CN(C)CCCC1OC(c2ccc(Cl)cc2)c2cnc(C=O)c(O)c21. The topological polar surface area (TPSA) is 62.7 Å². The number of hydrogen-bond acceptors (Lipinski definition) is 5. The largest absolute Gasteiger partial charge is 0.505 e. The van der Waals surface area contributed by atoms with E-state index in [2.05, 4.69) is 9.88 Å². The van der Waals surface area contributed by atoms with Gasteiger partial charge in [0, 0.05) is 22.3 Å². The van der Waals surface area contributed by atoms with E-state index in [1.165, 1.54) is 0 Å². The van der Waals surface area contributed by atoms with E-state index < -0.39 is 0 Å². The smallest absolute Gasteiger partial charge is 0.172 e. The molecule has 5 nitrogen and oxygen atoms in total. The molecule has 3 rings (SSSR count). The zero-order valence-electron chi connectivity index (χ0n) is 14.3. The number of rotatable bonds is 6. The number of carbonyl (C=O) groups is 1. The highest BCUT2D eigenvalue weighted by molar-refractivity contribution is 6.30. The molecule has 1 aromatic heterocycles. The molecule has 2 atom stereocenters. The van der Waals surface area contributed by atoms with Gasteiger partial charge >= 0.3 is 0 Å². The first-order chi connectivity index (χ1) is 12.0. The lowest BCUT2D eigenvalue weighted by molar-refractivity contribution is 0.0256. The van der Waals surface area contributed by atoms with Gasteiger partial charge in [-0.2, -0.15) is 0 Å². The number of carbonyl (C=O) groups excluding carboxylic acids is 1. The highest BCUT2D eigenvalue weighted by Gasteiger charge is 2.36. The van der Waals surface area contributed by atoms with Crippen LogP contribution in [0, 0.1) is 0 Å². The number of nitrogens with zero attached hydrogens (tertiary/aromatic N) is 2. The third-order valence-electron chi connectivity index (χ3n) is 4.41. The molecule has 0 spiro atoms. The van der Waals surface area contributed by atoms with Crippen molar-refractivity contribution in [3.63, 3.8) is 0 Å². The summed E-state index contributed by atoms with van der Waals surface area (Å²) in [6.07, 6.45) is 3.29.